The fourth-order valence-electron chi connectivity index (χ4n) is 1.26. The average Bonchev–Trinajstić information content (AvgIpc) is 2.25. The van der Waals surface area contributed by atoms with Crippen LogP contribution in [0.4, 0.5) is 8.78 Å². The van der Waals surface area contributed by atoms with E-state index in [-0.39, 0.29) is 5.75 Å². The number of hydrogen-bond donors (Lipinski definition) is 1. The summed E-state index contributed by atoms with van der Waals surface area (Å²) in [5.74, 6) is -1.61. The van der Waals surface area contributed by atoms with Gasteiger partial charge in [-0.2, -0.15) is 0 Å². The monoisotopic (exact) mass is 230 g/mol. The second-order valence-corrected chi connectivity index (χ2v) is 3.30. The second-order valence-electron chi connectivity index (χ2n) is 3.30. The fraction of sp³-hybridized carbons (Fsp3) is 0.364. The second kappa shape index (κ2) is 5.44. The van der Waals surface area contributed by atoms with Crippen LogP contribution in [-0.2, 0) is 4.79 Å². The zero-order chi connectivity index (χ0) is 12.1. The molecular formula is C11H12F2O3. The normalized spacial score (nSPS) is 12.5. The van der Waals surface area contributed by atoms with Crippen LogP contribution in [0, 0.1) is 0 Å². The molecule has 0 aliphatic carbocycles. The smallest absolute Gasteiger partial charge is 0.310 e. The third-order valence-corrected chi connectivity index (χ3v) is 2.12. The van der Waals surface area contributed by atoms with Gasteiger partial charge in [0.1, 0.15) is 12.4 Å². The Morgan fingerprint density at radius 1 is 1.44 bits per heavy atom. The molecule has 0 bridgehead atoms. The highest BCUT2D eigenvalue weighted by atomic mass is 19.3. The molecule has 0 saturated heterocycles. The minimum atomic E-state index is -2.58. The van der Waals surface area contributed by atoms with Gasteiger partial charge in [-0.15, -0.1) is 0 Å². The van der Waals surface area contributed by atoms with Crippen molar-refractivity contribution in [1.82, 2.24) is 0 Å². The Morgan fingerprint density at radius 2 is 2.06 bits per heavy atom. The maximum Gasteiger partial charge on any atom is 0.310 e. The van der Waals surface area contributed by atoms with Crippen molar-refractivity contribution in [2.75, 3.05) is 6.61 Å². The lowest BCUT2D eigenvalue weighted by atomic mass is 10.0. The van der Waals surface area contributed by atoms with Gasteiger partial charge < -0.3 is 9.84 Å². The Hall–Kier alpha value is -1.65. The summed E-state index contributed by atoms with van der Waals surface area (Å²) in [6.45, 7) is 0.746. The van der Waals surface area contributed by atoms with Gasteiger partial charge >= 0.3 is 5.97 Å². The highest BCUT2D eigenvalue weighted by Gasteiger charge is 2.18. The van der Waals surface area contributed by atoms with Crippen LogP contribution < -0.4 is 4.74 Å². The lowest BCUT2D eigenvalue weighted by Crippen LogP contribution is -2.12. The van der Waals surface area contributed by atoms with Crippen molar-refractivity contribution in [2.45, 2.75) is 19.3 Å². The van der Waals surface area contributed by atoms with Crippen LogP contribution in [0.3, 0.4) is 0 Å². The van der Waals surface area contributed by atoms with Crippen molar-refractivity contribution in [3.05, 3.63) is 29.8 Å². The van der Waals surface area contributed by atoms with E-state index < -0.39 is 24.9 Å². The molecule has 1 N–H and O–H groups in total. The molecule has 16 heavy (non-hydrogen) atoms. The van der Waals surface area contributed by atoms with Crippen LogP contribution >= 0.6 is 0 Å². The van der Waals surface area contributed by atoms with E-state index in [1.165, 1.54) is 13.0 Å². The molecule has 0 fully saturated rings. The molecule has 5 heteroatoms. The van der Waals surface area contributed by atoms with E-state index in [0.29, 0.717) is 5.56 Å². The number of ether oxygens (including phenoxy) is 1. The zero-order valence-electron chi connectivity index (χ0n) is 8.69. The van der Waals surface area contributed by atoms with Crippen LogP contribution in [0.2, 0.25) is 0 Å². The van der Waals surface area contributed by atoms with Crippen LogP contribution in [0.5, 0.6) is 5.75 Å². The van der Waals surface area contributed by atoms with Gasteiger partial charge in [0, 0.05) is 5.56 Å². The summed E-state index contributed by atoms with van der Waals surface area (Å²) in [6.07, 6.45) is -2.58. The Morgan fingerprint density at radius 3 is 2.62 bits per heavy atom. The van der Waals surface area contributed by atoms with Crippen LogP contribution in [0.1, 0.15) is 18.4 Å². The number of rotatable bonds is 5. The molecule has 1 unspecified atom stereocenters. The number of hydrogen-bond acceptors (Lipinski definition) is 2. The molecule has 1 aromatic rings. The molecule has 0 heterocycles. The van der Waals surface area contributed by atoms with E-state index in [1.807, 2.05) is 0 Å². The lowest BCUT2D eigenvalue weighted by Gasteiger charge is -2.13. The number of benzene rings is 1. The summed E-state index contributed by atoms with van der Waals surface area (Å²) < 4.78 is 28.8. The van der Waals surface area contributed by atoms with Crippen molar-refractivity contribution in [1.29, 1.82) is 0 Å². The summed E-state index contributed by atoms with van der Waals surface area (Å²) >= 11 is 0. The van der Waals surface area contributed by atoms with E-state index in [9.17, 15) is 13.6 Å². The van der Waals surface area contributed by atoms with Gasteiger partial charge in [-0.3, -0.25) is 4.79 Å². The Bertz CT molecular complexity index is 366. The van der Waals surface area contributed by atoms with E-state index in [1.54, 1.807) is 18.2 Å². The predicted molar refractivity (Wildman–Crippen MR) is 54.0 cm³/mol. The van der Waals surface area contributed by atoms with Crippen LogP contribution in [0.25, 0.3) is 0 Å². The molecule has 88 valence electrons. The first-order valence-corrected chi connectivity index (χ1v) is 4.75. The maximum absolute atomic E-state index is 12.0. The first kappa shape index (κ1) is 12.4. The number of aliphatic carboxylic acids is 1. The Kier molecular flexibility index (Phi) is 4.22. The average molecular weight is 230 g/mol. The first-order chi connectivity index (χ1) is 7.52. The molecule has 0 radical (unpaired) electrons. The fourth-order valence-corrected chi connectivity index (χ4v) is 1.26. The molecule has 0 saturated carbocycles. The number of halogens is 2. The standard InChI is InChI=1S/C11H12F2O3/c1-7(11(14)15)8-4-2-3-5-9(8)16-6-10(12)13/h2-5,7,10H,6H2,1H3,(H,14,15). The van der Waals surface area contributed by atoms with E-state index >= 15 is 0 Å². The molecule has 1 aromatic carbocycles. The lowest BCUT2D eigenvalue weighted by molar-refractivity contribution is -0.138. The van der Waals surface area contributed by atoms with E-state index in [0.717, 1.165) is 0 Å². The van der Waals surface area contributed by atoms with Gasteiger partial charge in [0.25, 0.3) is 6.43 Å². The van der Waals surface area contributed by atoms with Crippen molar-refractivity contribution in [3.8, 4) is 5.75 Å². The van der Waals surface area contributed by atoms with Gasteiger partial charge in [-0.25, -0.2) is 8.78 Å². The first-order valence-electron chi connectivity index (χ1n) is 4.75. The topological polar surface area (TPSA) is 46.5 Å². The molecular weight excluding hydrogens is 218 g/mol. The zero-order valence-corrected chi connectivity index (χ0v) is 8.69. The third-order valence-electron chi connectivity index (χ3n) is 2.12. The molecule has 0 aliphatic heterocycles. The predicted octanol–water partition coefficient (Wildman–Crippen LogP) is 2.52. The number of carbonyl (C=O) groups is 1. The number of para-hydroxylation sites is 1. The minimum absolute atomic E-state index is 0.192. The maximum atomic E-state index is 12.0. The molecule has 0 aliphatic rings. The minimum Gasteiger partial charge on any atom is -0.487 e. The van der Waals surface area contributed by atoms with Gasteiger partial charge in [-0.1, -0.05) is 18.2 Å². The molecule has 1 atom stereocenters. The molecule has 0 aromatic heterocycles. The molecule has 1 rings (SSSR count). The van der Waals surface area contributed by atoms with Crippen molar-refractivity contribution < 1.29 is 23.4 Å². The summed E-state index contributed by atoms with van der Waals surface area (Å²) in [5.41, 5.74) is 0.399. The van der Waals surface area contributed by atoms with Gasteiger partial charge in [-0.05, 0) is 13.0 Å². The van der Waals surface area contributed by atoms with Gasteiger partial charge in [0.15, 0.2) is 0 Å². The van der Waals surface area contributed by atoms with Crippen molar-refractivity contribution in [2.24, 2.45) is 0 Å². The summed E-state index contributed by atoms with van der Waals surface area (Å²) in [7, 11) is 0. The third kappa shape index (κ3) is 3.18. The summed E-state index contributed by atoms with van der Waals surface area (Å²) in [6, 6.07) is 6.29. The van der Waals surface area contributed by atoms with Crippen molar-refractivity contribution >= 4 is 5.97 Å². The molecule has 0 amide bonds. The van der Waals surface area contributed by atoms with E-state index in [4.69, 9.17) is 9.84 Å². The van der Waals surface area contributed by atoms with Gasteiger partial charge in [0.05, 0.1) is 5.92 Å². The van der Waals surface area contributed by atoms with Crippen LogP contribution in [-0.4, -0.2) is 24.1 Å². The Balaban J connectivity index is 2.87. The quantitative estimate of drug-likeness (QED) is 0.845. The number of carboxylic acid groups (broad SMARTS) is 1. The number of alkyl halides is 2. The SMILES string of the molecule is CC(C(=O)O)c1ccccc1OCC(F)F. The highest BCUT2D eigenvalue weighted by molar-refractivity contribution is 5.76. The summed E-state index contributed by atoms with van der Waals surface area (Å²) in [4.78, 5) is 10.8. The Labute approximate surface area is 91.7 Å². The molecule has 3 nitrogen and oxygen atoms in total. The summed E-state index contributed by atoms with van der Waals surface area (Å²) in [5, 5.41) is 8.83. The van der Waals surface area contributed by atoms with Crippen molar-refractivity contribution in [3.63, 3.8) is 0 Å². The number of carboxylic acids is 1. The molecule has 0 spiro atoms. The largest absolute Gasteiger partial charge is 0.487 e. The van der Waals surface area contributed by atoms with E-state index in [2.05, 4.69) is 0 Å². The van der Waals surface area contributed by atoms with Gasteiger partial charge in [0.2, 0.25) is 0 Å². The highest BCUT2D eigenvalue weighted by Crippen LogP contribution is 2.26. The van der Waals surface area contributed by atoms with Crippen LogP contribution in [0.15, 0.2) is 24.3 Å².